The third-order valence-corrected chi connectivity index (χ3v) is 10.9. The molecule has 0 heterocycles. The summed E-state index contributed by atoms with van der Waals surface area (Å²) in [5.74, 6) is 2.68. The molecule has 0 radical (unpaired) electrons. The van der Waals surface area contributed by atoms with Gasteiger partial charge in [-0.2, -0.15) is 0 Å². The normalized spacial score (nSPS) is 11.8. The van der Waals surface area contributed by atoms with Crippen LogP contribution in [0.3, 0.4) is 0 Å². The fourth-order valence-corrected chi connectivity index (χ4v) is 9.76. The van der Waals surface area contributed by atoms with E-state index in [1.54, 1.807) is 18.5 Å². The Balaban J connectivity index is 0. The molecular formula is C24H54P2. The van der Waals surface area contributed by atoms with Crippen LogP contribution in [-0.2, 0) is 0 Å². The Morgan fingerprint density at radius 1 is 0.462 bits per heavy atom. The zero-order valence-electron chi connectivity index (χ0n) is 20.1. The average molecular weight is 405 g/mol. The van der Waals surface area contributed by atoms with Gasteiger partial charge in [0.05, 0.1) is 0 Å². The van der Waals surface area contributed by atoms with Gasteiger partial charge in [-0.25, -0.2) is 0 Å². The molecule has 0 aromatic rings. The molecule has 0 bridgehead atoms. The molecule has 0 fully saturated rings. The highest BCUT2D eigenvalue weighted by Crippen LogP contribution is 2.41. The lowest BCUT2D eigenvalue weighted by atomic mass is 10.3. The van der Waals surface area contributed by atoms with Gasteiger partial charge in [0.2, 0.25) is 0 Å². The van der Waals surface area contributed by atoms with Crippen molar-refractivity contribution >= 4 is 15.8 Å². The molecule has 0 aliphatic rings. The largest absolute Gasteiger partial charge is 0.107 e. The maximum absolute atomic E-state index is 2.36. The minimum atomic E-state index is 0.321. The minimum Gasteiger partial charge on any atom is -0.107 e. The maximum atomic E-state index is 2.36. The lowest BCUT2D eigenvalue weighted by Gasteiger charge is -2.23. The van der Waals surface area contributed by atoms with Gasteiger partial charge < -0.3 is 0 Å². The average Bonchev–Trinajstić information content (AvgIpc) is 2.53. The van der Waals surface area contributed by atoms with Gasteiger partial charge in [0, 0.05) is 0 Å². The number of unbranched alkanes of at least 4 members (excludes halogenated alkanes) is 3. The zero-order valence-corrected chi connectivity index (χ0v) is 21.9. The van der Waals surface area contributed by atoms with Crippen molar-refractivity contribution in [1.29, 1.82) is 0 Å². The Kier molecular flexibility index (Phi) is 23.0. The van der Waals surface area contributed by atoms with E-state index in [-0.39, 0.29) is 0 Å². The van der Waals surface area contributed by atoms with Crippen LogP contribution in [0.5, 0.6) is 0 Å². The van der Waals surface area contributed by atoms with E-state index in [2.05, 4.69) is 62.3 Å². The molecule has 0 unspecified atom stereocenters. The fraction of sp³-hybridized carbons (Fsp3) is 1.00. The highest BCUT2D eigenvalue weighted by molar-refractivity contribution is 7.57. The van der Waals surface area contributed by atoms with E-state index in [0.29, 0.717) is 15.8 Å². The van der Waals surface area contributed by atoms with Crippen molar-refractivity contribution in [1.82, 2.24) is 0 Å². The van der Waals surface area contributed by atoms with E-state index >= 15 is 0 Å². The quantitative estimate of drug-likeness (QED) is 0.238. The van der Waals surface area contributed by atoms with E-state index in [1.165, 1.54) is 57.0 Å². The second-order valence-corrected chi connectivity index (χ2v) is 14.4. The second-order valence-electron chi connectivity index (χ2n) is 9.30. The highest BCUT2D eigenvalue weighted by Gasteiger charge is 2.13. The van der Waals surface area contributed by atoms with E-state index in [4.69, 9.17) is 0 Å². The van der Waals surface area contributed by atoms with Crippen LogP contribution in [0.2, 0.25) is 0 Å². The third-order valence-electron chi connectivity index (χ3n) is 4.35. The molecule has 160 valence electrons. The maximum Gasteiger partial charge on any atom is -0.0302 e. The van der Waals surface area contributed by atoms with Crippen LogP contribution < -0.4 is 0 Å². The van der Waals surface area contributed by atoms with Crippen LogP contribution in [0.1, 0.15) is 101 Å². The third kappa shape index (κ3) is 22.9. The molecule has 2 heteroatoms. The van der Waals surface area contributed by atoms with E-state index in [1.807, 2.05) is 0 Å². The zero-order chi connectivity index (χ0) is 20.4. The first-order valence-electron chi connectivity index (χ1n) is 11.7. The van der Waals surface area contributed by atoms with Gasteiger partial charge in [0.25, 0.3) is 0 Å². The summed E-state index contributed by atoms with van der Waals surface area (Å²) in [5.41, 5.74) is 0. The molecule has 0 saturated carbocycles. The Bertz CT molecular complexity index is 218. The van der Waals surface area contributed by atoms with E-state index in [0.717, 1.165) is 17.8 Å². The Morgan fingerprint density at radius 3 is 0.923 bits per heavy atom. The van der Waals surface area contributed by atoms with Crippen molar-refractivity contribution in [3.05, 3.63) is 0 Å². The van der Waals surface area contributed by atoms with Crippen LogP contribution in [0.15, 0.2) is 0 Å². The van der Waals surface area contributed by atoms with Crippen molar-refractivity contribution in [3.8, 4) is 0 Å². The topological polar surface area (TPSA) is 0 Å². The summed E-state index contributed by atoms with van der Waals surface area (Å²) in [6.07, 6.45) is 17.6. The van der Waals surface area contributed by atoms with Crippen molar-refractivity contribution in [2.45, 2.75) is 101 Å². The van der Waals surface area contributed by atoms with E-state index in [9.17, 15) is 0 Å². The SMILES string of the molecule is CC(C)CP(CC(C)C)CC(C)C.CCCCP(CCCC)CCCC. The predicted octanol–water partition coefficient (Wildman–Crippen LogP) is 9.30. The molecule has 0 aromatic heterocycles. The molecule has 0 aromatic carbocycles. The standard InChI is InChI=1S/2C12H27P/c1-10(2)7-13(8-11(3)4)9-12(5)6;1-4-7-10-13(11-8-5-2)12-9-6-3/h10-12H,7-9H2,1-6H3;4-12H2,1-3H3. The Labute approximate surface area is 171 Å². The summed E-state index contributed by atoms with van der Waals surface area (Å²) >= 11 is 0. The van der Waals surface area contributed by atoms with Crippen LogP contribution in [0.4, 0.5) is 0 Å². The first-order valence-corrected chi connectivity index (χ1v) is 15.5. The molecule has 0 rings (SSSR count). The first kappa shape index (κ1) is 29.1. The van der Waals surface area contributed by atoms with Gasteiger partial charge in [-0.1, -0.05) is 81.6 Å². The molecule has 0 saturated heterocycles. The number of rotatable bonds is 15. The summed E-state index contributed by atoms with van der Waals surface area (Å²) in [6, 6.07) is 0. The summed E-state index contributed by atoms with van der Waals surface area (Å²) in [4.78, 5) is 0. The molecule has 0 amide bonds. The Hall–Kier alpha value is 0.860. The number of hydrogen-bond acceptors (Lipinski definition) is 0. The molecule has 0 nitrogen and oxygen atoms in total. The van der Waals surface area contributed by atoms with E-state index < -0.39 is 0 Å². The summed E-state index contributed by atoms with van der Waals surface area (Å²) in [5, 5.41) is 0. The molecule has 26 heavy (non-hydrogen) atoms. The van der Waals surface area contributed by atoms with Gasteiger partial charge in [0.15, 0.2) is 0 Å². The molecule has 0 aliphatic carbocycles. The van der Waals surface area contributed by atoms with Crippen molar-refractivity contribution in [2.24, 2.45) is 17.8 Å². The van der Waals surface area contributed by atoms with Gasteiger partial charge in [0.1, 0.15) is 0 Å². The molecule has 0 N–H and O–H groups in total. The lowest BCUT2D eigenvalue weighted by Crippen LogP contribution is -2.07. The van der Waals surface area contributed by atoms with Crippen LogP contribution in [0, 0.1) is 17.8 Å². The smallest absolute Gasteiger partial charge is 0.0302 e. The molecule has 0 spiro atoms. The van der Waals surface area contributed by atoms with Crippen molar-refractivity contribution < 1.29 is 0 Å². The van der Waals surface area contributed by atoms with Crippen molar-refractivity contribution in [2.75, 3.05) is 37.0 Å². The summed E-state index contributed by atoms with van der Waals surface area (Å²) < 4.78 is 0. The lowest BCUT2D eigenvalue weighted by molar-refractivity contribution is 0.695. The molecular weight excluding hydrogens is 350 g/mol. The van der Waals surface area contributed by atoms with Gasteiger partial charge in [-0.15, -0.1) is 15.8 Å². The van der Waals surface area contributed by atoms with Gasteiger partial charge in [-0.3, -0.25) is 0 Å². The van der Waals surface area contributed by atoms with Crippen LogP contribution in [-0.4, -0.2) is 37.0 Å². The van der Waals surface area contributed by atoms with Crippen LogP contribution in [0.25, 0.3) is 0 Å². The first-order chi connectivity index (χ1) is 12.3. The highest BCUT2D eigenvalue weighted by atomic mass is 31.1. The fourth-order valence-electron chi connectivity index (χ4n) is 3.25. The van der Waals surface area contributed by atoms with Gasteiger partial charge >= 0.3 is 0 Å². The molecule has 0 aliphatic heterocycles. The van der Waals surface area contributed by atoms with Crippen molar-refractivity contribution in [3.63, 3.8) is 0 Å². The predicted molar refractivity (Wildman–Crippen MR) is 132 cm³/mol. The summed E-state index contributed by atoms with van der Waals surface area (Å²) in [6.45, 7) is 21.1. The van der Waals surface area contributed by atoms with Gasteiger partial charge in [-0.05, 0) is 74.0 Å². The Morgan fingerprint density at radius 2 is 0.731 bits per heavy atom. The number of hydrogen-bond donors (Lipinski definition) is 0. The van der Waals surface area contributed by atoms with Crippen LogP contribution >= 0.6 is 15.8 Å². The minimum absolute atomic E-state index is 0.321. The second kappa shape index (κ2) is 20.6. The molecule has 0 atom stereocenters. The summed E-state index contributed by atoms with van der Waals surface area (Å²) in [7, 11) is 0.743. The monoisotopic (exact) mass is 404 g/mol.